The van der Waals surface area contributed by atoms with Crippen molar-refractivity contribution in [1.82, 2.24) is 10.2 Å². The van der Waals surface area contributed by atoms with Crippen LogP contribution in [0.5, 0.6) is 0 Å². The van der Waals surface area contributed by atoms with E-state index in [2.05, 4.69) is 28.6 Å². The maximum absolute atomic E-state index is 12.9. The zero-order chi connectivity index (χ0) is 13.3. The number of carbonyl (C=O) groups is 1. The van der Waals surface area contributed by atoms with Gasteiger partial charge in [0.15, 0.2) is 0 Å². The van der Waals surface area contributed by atoms with Crippen LogP contribution in [-0.4, -0.2) is 30.4 Å². The van der Waals surface area contributed by atoms with Crippen LogP contribution < -0.4 is 5.32 Å². The zero-order valence-corrected chi connectivity index (χ0v) is 12.4. The lowest BCUT2D eigenvalue weighted by Crippen LogP contribution is -2.50. The number of piperidine rings is 1. The summed E-state index contributed by atoms with van der Waals surface area (Å²) < 4.78 is 0. The molecule has 104 valence electrons. The first-order valence-corrected chi connectivity index (χ1v) is 8.18. The van der Waals surface area contributed by atoms with Crippen LogP contribution in [0.4, 0.5) is 0 Å². The third-order valence-electron chi connectivity index (χ3n) is 4.79. The molecule has 1 aromatic rings. The molecule has 0 radical (unpaired) electrons. The highest BCUT2D eigenvalue weighted by Gasteiger charge is 2.41. The van der Waals surface area contributed by atoms with Gasteiger partial charge in [-0.25, -0.2) is 0 Å². The predicted molar refractivity (Wildman–Crippen MR) is 78.3 cm³/mol. The molecule has 19 heavy (non-hydrogen) atoms. The standard InChI is InChI=1S/C15H22N2OS/c1-2-15(5-7-16-8-6-15)14(18)17-9-3-13-12(11-17)4-10-19-13/h4,10,16H,2-3,5-9,11H2,1H3. The molecule has 1 aromatic heterocycles. The molecule has 0 spiro atoms. The topological polar surface area (TPSA) is 32.3 Å². The summed E-state index contributed by atoms with van der Waals surface area (Å²) >= 11 is 1.83. The Hall–Kier alpha value is -0.870. The Morgan fingerprint density at radius 2 is 2.26 bits per heavy atom. The van der Waals surface area contributed by atoms with E-state index in [9.17, 15) is 4.79 Å². The van der Waals surface area contributed by atoms with Crippen LogP contribution in [0.25, 0.3) is 0 Å². The van der Waals surface area contributed by atoms with E-state index in [0.29, 0.717) is 5.91 Å². The highest BCUT2D eigenvalue weighted by molar-refractivity contribution is 7.10. The van der Waals surface area contributed by atoms with Crippen molar-refractivity contribution >= 4 is 17.2 Å². The van der Waals surface area contributed by atoms with Crippen LogP contribution in [0, 0.1) is 5.41 Å². The molecule has 0 saturated carbocycles. The number of fused-ring (bicyclic) bond motifs is 1. The summed E-state index contributed by atoms with van der Waals surface area (Å²) in [6, 6.07) is 2.18. The second-order valence-corrected chi connectivity index (χ2v) is 6.73. The minimum absolute atomic E-state index is 0.0984. The van der Waals surface area contributed by atoms with Crippen LogP contribution in [0.15, 0.2) is 11.4 Å². The summed E-state index contributed by atoms with van der Waals surface area (Å²) in [7, 11) is 0. The third kappa shape index (κ3) is 2.32. The molecule has 0 aromatic carbocycles. The number of nitrogens with zero attached hydrogens (tertiary/aromatic N) is 1. The van der Waals surface area contributed by atoms with E-state index in [1.54, 1.807) is 0 Å². The predicted octanol–water partition coefficient (Wildman–Crippen LogP) is 2.41. The Bertz CT molecular complexity index is 462. The van der Waals surface area contributed by atoms with E-state index in [-0.39, 0.29) is 5.41 Å². The van der Waals surface area contributed by atoms with E-state index in [1.165, 1.54) is 10.4 Å². The van der Waals surface area contributed by atoms with Crippen molar-refractivity contribution in [2.24, 2.45) is 5.41 Å². The molecule has 0 aliphatic carbocycles. The molecular formula is C15H22N2OS. The third-order valence-corrected chi connectivity index (χ3v) is 5.81. The molecular weight excluding hydrogens is 256 g/mol. The maximum Gasteiger partial charge on any atom is 0.229 e. The minimum atomic E-state index is -0.0984. The quantitative estimate of drug-likeness (QED) is 0.901. The lowest BCUT2D eigenvalue weighted by atomic mass is 9.75. The Morgan fingerprint density at radius 3 is 3.00 bits per heavy atom. The first-order chi connectivity index (χ1) is 9.25. The van der Waals surface area contributed by atoms with Crippen molar-refractivity contribution in [2.45, 2.75) is 39.2 Å². The van der Waals surface area contributed by atoms with Gasteiger partial charge in [-0.05, 0) is 55.8 Å². The van der Waals surface area contributed by atoms with Crippen molar-refractivity contribution < 1.29 is 4.79 Å². The molecule has 2 aliphatic heterocycles. The fourth-order valence-corrected chi connectivity index (χ4v) is 4.27. The summed E-state index contributed by atoms with van der Waals surface area (Å²) in [5.74, 6) is 0.397. The highest BCUT2D eigenvalue weighted by atomic mass is 32.1. The number of hydrogen-bond acceptors (Lipinski definition) is 3. The lowest BCUT2D eigenvalue weighted by molar-refractivity contribution is -0.145. The summed E-state index contributed by atoms with van der Waals surface area (Å²) in [5, 5.41) is 5.53. The Morgan fingerprint density at radius 1 is 1.47 bits per heavy atom. The first-order valence-electron chi connectivity index (χ1n) is 7.30. The SMILES string of the molecule is CCC1(C(=O)N2CCc3sccc3C2)CCNCC1. The zero-order valence-electron chi connectivity index (χ0n) is 11.6. The molecule has 0 unspecified atom stereocenters. The molecule has 1 fully saturated rings. The van der Waals surface area contributed by atoms with E-state index in [4.69, 9.17) is 0 Å². The van der Waals surface area contributed by atoms with Gasteiger partial charge in [-0.3, -0.25) is 4.79 Å². The van der Waals surface area contributed by atoms with Gasteiger partial charge in [0.25, 0.3) is 0 Å². The van der Waals surface area contributed by atoms with Crippen molar-refractivity contribution in [1.29, 1.82) is 0 Å². The van der Waals surface area contributed by atoms with Crippen LogP contribution in [0.2, 0.25) is 0 Å². The molecule has 3 rings (SSSR count). The Balaban J connectivity index is 1.77. The van der Waals surface area contributed by atoms with Gasteiger partial charge in [-0.1, -0.05) is 6.92 Å². The molecule has 1 saturated heterocycles. The van der Waals surface area contributed by atoms with E-state index in [0.717, 1.165) is 51.9 Å². The summed E-state index contributed by atoms with van der Waals surface area (Å²) in [4.78, 5) is 16.5. The average Bonchev–Trinajstić information content (AvgIpc) is 2.94. The van der Waals surface area contributed by atoms with Crippen molar-refractivity contribution in [3.05, 3.63) is 21.9 Å². The second-order valence-electron chi connectivity index (χ2n) is 5.73. The number of thiophene rings is 1. The van der Waals surface area contributed by atoms with Crippen LogP contribution in [0.3, 0.4) is 0 Å². The van der Waals surface area contributed by atoms with Gasteiger partial charge in [0, 0.05) is 18.0 Å². The molecule has 2 aliphatic rings. The highest BCUT2D eigenvalue weighted by Crippen LogP contribution is 2.36. The normalized spacial score (nSPS) is 22.1. The van der Waals surface area contributed by atoms with Gasteiger partial charge in [-0.2, -0.15) is 0 Å². The summed E-state index contributed by atoms with van der Waals surface area (Å²) in [6.45, 7) is 5.87. The molecule has 1 N–H and O–H groups in total. The van der Waals surface area contributed by atoms with Crippen LogP contribution in [-0.2, 0) is 17.8 Å². The lowest BCUT2D eigenvalue weighted by Gasteiger charge is -2.40. The number of amides is 1. The summed E-state index contributed by atoms with van der Waals surface area (Å²) in [5.41, 5.74) is 1.27. The van der Waals surface area contributed by atoms with Crippen molar-refractivity contribution in [3.8, 4) is 0 Å². The molecule has 1 amide bonds. The molecule has 3 nitrogen and oxygen atoms in total. The monoisotopic (exact) mass is 278 g/mol. The molecule has 4 heteroatoms. The minimum Gasteiger partial charge on any atom is -0.337 e. The van der Waals surface area contributed by atoms with Gasteiger partial charge in [0.05, 0.1) is 5.41 Å². The number of nitrogens with one attached hydrogen (secondary N) is 1. The number of hydrogen-bond donors (Lipinski definition) is 1. The fraction of sp³-hybridized carbons (Fsp3) is 0.667. The molecule has 0 atom stereocenters. The number of rotatable bonds is 2. The summed E-state index contributed by atoms with van der Waals surface area (Å²) in [6.07, 6.45) is 4.00. The van der Waals surface area contributed by atoms with Crippen LogP contribution >= 0.6 is 11.3 Å². The first kappa shape index (κ1) is 13.1. The smallest absolute Gasteiger partial charge is 0.229 e. The van der Waals surface area contributed by atoms with E-state index in [1.807, 2.05) is 11.3 Å². The number of carbonyl (C=O) groups excluding carboxylic acids is 1. The van der Waals surface area contributed by atoms with Crippen molar-refractivity contribution in [3.63, 3.8) is 0 Å². The van der Waals surface area contributed by atoms with Gasteiger partial charge < -0.3 is 10.2 Å². The van der Waals surface area contributed by atoms with Crippen molar-refractivity contribution in [2.75, 3.05) is 19.6 Å². The van der Waals surface area contributed by atoms with E-state index >= 15 is 0 Å². The molecule has 3 heterocycles. The largest absolute Gasteiger partial charge is 0.337 e. The Labute approximate surface area is 119 Å². The average molecular weight is 278 g/mol. The van der Waals surface area contributed by atoms with Gasteiger partial charge in [-0.15, -0.1) is 11.3 Å². The van der Waals surface area contributed by atoms with Gasteiger partial charge in [0.2, 0.25) is 5.91 Å². The second kappa shape index (κ2) is 5.25. The van der Waals surface area contributed by atoms with Gasteiger partial charge in [0.1, 0.15) is 0 Å². The maximum atomic E-state index is 12.9. The van der Waals surface area contributed by atoms with E-state index < -0.39 is 0 Å². The fourth-order valence-electron chi connectivity index (χ4n) is 3.38. The Kier molecular flexibility index (Phi) is 3.63. The van der Waals surface area contributed by atoms with Gasteiger partial charge >= 0.3 is 0 Å². The van der Waals surface area contributed by atoms with Crippen LogP contribution in [0.1, 0.15) is 36.6 Å². The molecule has 0 bridgehead atoms.